The van der Waals surface area contributed by atoms with Crippen LogP contribution >= 0.6 is 0 Å². The van der Waals surface area contributed by atoms with Crippen LogP contribution in [0.2, 0.25) is 0 Å². The molecule has 1 aliphatic rings. The average Bonchev–Trinajstić information content (AvgIpc) is 2.35. The largest absolute Gasteiger partial charge is 0.468 e. The highest BCUT2D eigenvalue weighted by atomic mass is 16.5. The van der Waals surface area contributed by atoms with Crippen LogP contribution in [0.4, 0.5) is 0 Å². The number of nitrogens with zero attached hydrogens (tertiary/aromatic N) is 2. The van der Waals surface area contributed by atoms with Crippen LogP contribution in [0.25, 0.3) is 0 Å². The quantitative estimate of drug-likeness (QED) is 0.520. The minimum atomic E-state index is -0.204. The van der Waals surface area contributed by atoms with E-state index in [0.717, 1.165) is 6.67 Å². The Morgan fingerprint density at radius 1 is 1.64 bits per heavy atom. The zero-order valence-corrected chi connectivity index (χ0v) is 6.78. The summed E-state index contributed by atoms with van der Waals surface area (Å²) < 4.78 is 4.51. The first-order valence-corrected chi connectivity index (χ1v) is 3.42. The normalized spacial score (nSPS) is 15.8. The molecule has 0 atom stereocenters. The predicted molar refractivity (Wildman–Crippen MR) is 40.5 cm³/mol. The molecule has 0 aliphatic carbocycles. The molecule has 0 saturated heterocycles. The summed E-state index contributed by atoms with van der Waals surface area (Å²) in [4.78, 5) is 14.6. The lowest BCUT2D eigenvalue weighted by atomic mass is 10.6. The summed E-state index contributed by atoms with van der Waals surface area (Å²) in [7, 11) is 3.35. The molecule has 0 radical (unpaired) electrons. The van der Waals surface area contributed by atoms with Gasteiger partial charge in [-0.2, -0.15) is 0 Å². The van der Waals surface area contributed by atoms with Crippen LogP contribution < -0.4 is 0 Å². The van der Waals surface area contributed by atoms with Crippen LogP contribution in [0.5, 0.6) is 0 Å². The molecule has 0 N–H and O–H groups in total. The summed E-state index contributed by atoms with van der Waals surface area (Å²) in [5.74, 6) is -0.204. The maximum Gasteiger partial charge on any atom is 0.325 e. The minimum Gasteiger partial charge on any atom is -0.468 e. The fraction of sp³-hybridized carbons (Fsp3) is 0.571. The van der Waals surface area contributed by atoms with Gasteiger partial charge in [-0.3, -0.25) is 4.79 Å². The molecule has 0 spiro atoms. The molecule has 0 aromatic rings. The second kappa shape index (κ2) is 3.27. The molecule has 1 rings (SSSR count). The summed E-state index contributed by atoms with van der Waals surface area (Å²) >= 11 is 0. The van der Waals surface area contributed by atoms with Gasteiger partial charge < -0.3 is 14.5 Å². The molecule has 11 heavy (non-hydrogen) atoms. The van der Waals surface area contributed by atoms with Crippen LogP contribution in [-0.4, -0.2) is 43.1 Å². The fourth-order valence-corrected chi connectivity index (χ4v) is 0.922. The second-order valence-electron chi connectivity index (χ2n) is 2.52. The molecule has 4 nitrogen and oxygen atoms in total. The molecule has 0 unspecified atom stereocenters. The van der Waals surface area contributed by atoms with E-state index < -0.39 is 0 Å². The molecular weight excluding hydrogens is 144 g/mol. The molecule has 0 aromatic heterocycles. The Morgan fingerprint density at radius 2 is 2.36 bits per heavy atom. The van der Waals surface area contributed by atoms with Gasteiger partial charge in [-0.15, -0.1) is 0 Å². The van der Waals surface area contributed by atoms with Crippen molar-refractivity contribution in [2.45, 2.75) is 0 Å². The van der Waals surface area contributed by atoms with E-state index in [9.17, 15) is 4.79 Å². The van der Waals surface area contributed by atoms with Gasteiger partial charge in [0.25, 0.3) is 0 Å². The van der Waals surface area contributed by atoms with Crippen molar-refractivity contribution in [3.05, 3.63) is 12.4 Å². The van der Waals surface area contributed by atoms with Crippen LogP contribution in [0.3, 0.4) is 0 Å². The highest BCUT2D eigenvalue weighted by Crippen LogP contribution is 2.02. The van der Waals surface area contributed by atoms with Crippen LogP contribution in [0, 0.1) is 0 Å². The fourth-order valence-electron chi connectivity index (χ4n) is 0.922. The summed E-state index contributed by atoms with van der Waals surface area (Å²) in [5.41, 5.74) is 0. The van der Waals surface area contributed by atoms with Crippen LogP contribution in [-0.2, 0) is 9.53 Å². The van der Waals surface area contributed by atoms with E-state index in [0.29, 0.717) is 6.54 Å². The van der Waals surface area contributed by atoms with E-state index in [-0.39, 0.29) is 5.97 Å². The number of methoxy groups -OCH3 is 1. The molecule has 0 aromatic carbocycles. The van der Waals surface area contributed by atoms with Gasteiger partial charge in [0, 0.05) is 19.4 Å². The standard InChI is InChI=1S/C7H12N2O2/c1-8-3-4-9(6-8)5-7(10)11-2/h3-4H,5-6H2,1-2H3. The summed E-state index contributed by atoms with van der Waals surface area (Å²) in [6.07, 6.45) is 3.79. The SMILES string of the molecule is COC(=O)CN1C=CN(C)C1. The van der Waals surface area contributed by atoms with Crippen LogP contribution in [0.1, 0.15) is 0 Å². The van der Waals surface area contributed by atoms with Crippen molar-refractivity contribution in [3.63, 3.8) is 0 Å². The van der Waals surface area contributed by atoms with E-state index in [1.807, 2.05) is 29.2 Å². The average molecular weight is 156 g/mol. The van der Waals surface area contributed by atoms with Crippen molar-refractivity contribution in [1.82, 2.24) is 9.80 Å². The zero-order chi connectivity index (χ0) is 8.27. The van der Waals surface area contributed by atoms with Gasteiger partial charge in [0.2, 0.25) is 0 Å². The van der Waals surface area contributed by atoms with Gasteiger partial charge in [0.15, 0.2) is 0 Å². The summed E-state index contributed by atoms with van der Waals surface area (Å²) in [5, 5.41) is 0. The Morgan fingerprint density at radius 3 is 2.82 bits per heavy atom. The molecule has 0 bridgehead atoms. The van der Waals surface area contributed by atoms with Gasteiger partial charge >= 0.3 is 5.97 Å². The number of carbonyl (C=O) groups is 1. The Bertz CT molecular complexity index is 179. The van der Waals surface area contributed by atoms with Gasteiger partial charge in [-0.05, 0) is 0 Å². The maximum atomic E-state index is 10.8. The molecule has 62 valence electrons. The molecule has 4 heteroatoms. The predicted octanol–water partition coefficient (Wildman–Crippen LogP) is -0.165. The highest BCUT2D eigenvalue weighted by Gasteiger charge is 2.11. The van der Waals surface area contributed by atoms with Gasteiger partial charge in [-0.25, -0.2) is 0 Å². The monoisotopic (exact) mass is 156 g/mol. The topological polar surface area (TPSA) is 32.8 Å². The van der Waals surface area contributed by atoms with E-state index >= 15 is 0 Å². The number of hydrogen-bond donors (Lipinski definition) is 0. The van der Waals surface area contributed by atoms with Crippen molar-refractivity contribution in [2.24, 2.45) is 0 Å². The smallest absolute Gasteiger partial charge is 0.325 e. The lowest BCUT2D eigenvalue weighted by Crippen LogP contribution is -2.28. The van der Waals surface area contributed by atoms with Crippen molar-refractivity contribution >= 4 is 5.97 Å². The number of rotatable bonds is 2. The number of ether oxygens (including phenoxy) is 1. The third-order valence-electron chi connectivity index (χ3n) is 1.50. The first-order valence-electron chi connectivity index (χ1n) is 3.42. The molecule has 0 saturated carbocycles. The summed E-state index contributed by atoms with van der Waals surface area (Å²) in [6, 6.07) is 0. The number of hydrogen-bond acceptors (Lipinski definition) is 4. The van der Waals surface area contributed by atoms with Gasteiger partial charge in [0.1, 0.15) is 6.54 Å². The van der Waals surface area contributed by atoms with E-state index in [1.165, 1.54) is 7.11 Å². The number of esters is 1. The van der Waals surface area contributed by atoms with Crippen LogP contribution in [0.15, 0.2) is 12.4 Å². The van der Waals surface area contributed by atoms with E-state index in [2.05, 4.69) is 4.74 Å². The third-order valence-corrected chi connectivity index (χ3v) is 1.50. The first-order chi connectivity index (χ1) is 5.22. The lowest BCUT2D eigenvalue weighted by Gasteiger charge is -2.15. The Kier molecular flexibility index (Phi) is 2.36. The lowest BCUT2D eigenvalue weighted by molar-refractivity contribution is -0.141. The van der Waals surface area contributed by atoms with E-state index in [4.69, 9.17) is 0 Å². The molecule has 1 aliphatic heterocycles. The number of carbonyl (C=O) groups excluding carboxylic acids is 1. The van der Waals surface area contributed by atoms with Crippen molar-refractivity contribution in [1.29, 1.82) is 0 Å². The third kappa shape index (κ3) is 2.14. The van der Waals surface area contributed by atoms with E-state index in [1.54, 1.807) is 0 Å². The second-order valence-corrected chi connectivity index (χ2v) is 2.52. The maximum absolute atomic E-state index is 10.8. The Labute approximate surface area is 66.0 Å². The zero-order valence-electron chi connectivity index (χ0n) is 6.78. The highest BCUT2D eigenvalue weighted by molar-refractivity contribution is 5.71. The summed E-state index contributed by atoms with van der Waals surface area (Å²) in [6.45, 7) is 1.09. The Balaban J connectivity index is 2.29. The molecule has 1 heterocycles. The van der Waals surface area contributed by atoms with Crippen molar-refractivity contribution in [3.8, 4) is 0 Å². The van der Waals surface area contributed by atoms with Crippen molar-refractivity contribution in [2.75, 3.05) is 27.4 Å². The minimum absolute atomic E-state index is 0.204. The van der Waals surface area contributed by atoms with Gasteiger partial charge in [0.05, 0.1) is 13.8 Å². The van der Waals surface area contributed by atoms with Gasteiger partial charge in [-0.1, -0.05) is 0 Å². The molecule has 0 fully saturated rings. The Hall–Kier alpha value is -1.19. The molecule has 0 amide bonds. The van der Waals surface area contributed by atoms with Crippen molar-refractivity contribution < 1.29 is 9.53 Å². The molecular formula is C7H12N2O2. The first kappa shape index (κ1) is 7.91.